The number of hydrogen-bond donors (Lipinski definition) is 2. The zero-order valence-electron chi connectivity index (χ0n) is 19.4. The average Bonchev–Trinajstić information content (AvgIpc) is 3.27. The minimum absolute atomic E-state index is 0.114. The number of aryl methyl sites for hydroxylation is 1. The fourth-order valence-electron chi connectivity index (χ4n) is 4.48. The maximum Gasteiger partial charge on any atom is 0.389 e. The molecular formula is C24H30F3N5O2. The number of rotatable bonds is 5. The molecule has 2 fully saturated rings. The van der Waals surface area contributed by atoms with E-state index in [9.17, 15) is 18.0 Å². The summed E-state index contributed by atoms with van der Waals surface area (Å²) in [5.74, 6) is 1.04. The molecule has 184 valence electrons. The first kappa shape index (κ1) is 24.1. The first-order valence-electron chi connectivity index (χ1n) is 11.5. The lowest BCUT2D eigenvalue weighted by molar-refractivity contribution is -0.143. The summed E-state index contributed by atoms with van der Waals surface area (Å²) in [6.07, 6.45) is -4.70. The molecule has 0 radical (unpaired) electrons. The van der Waals surface area contributed by atoms with Crippen LogP contribution in [0, 0.1) is 12.8 Å². The number of amides is 2. The molecule has 1 aromatic heterocycles. The van der Waals surface area contributed by atoms with Crippen molar-refractivity contribution >= 4 is 23.4 Å². The van der Waals surface area contributed by atoms with Gasteiger partial charge < -0.3 is 25.2 Å². The Kier molecular flexibility index (Phi) is 7.16. The van der Waals surface area contributed by atoms with E-state index in [1.54, 1.807) is 0 Å². The van der Waals surface area contributed by atoms with Gasteiger partial charge in [0.2, 0.25) is 0 Å². The normalized spacial score (nSPS) is 18.8. The number of nitrogens with zero attached hydrogens (tertiary/aromatic N) is 3. The summed E-state index contributed by atoms with van der Waals surface area (Å²) in [5.41, 5.74) is 3.54. The molecule has 34 heavy (non-hydrogen) atoms. The van der Waals surface area contributed by atoms with E-state index in [1.807, 2.05) is 44.3 Å². The van der Waals surface area contributed by atoms with Crippen LogP contribution in [0.25, 0.3) is 11.1 Å². The number of carbonyl (C=O) groups is 1. The number of aromatic nitrogens is 1. The number of anilines is 3. The second-order valence-electron chi connectivity index (χ2n) is 8.83. The number of halogens is 3. The third-order valence-corrected chi connectivity index (χ3v) is 6.30. The van der Waals surface area contributed by atoms with Crippen molar-refractivity contribution in [2.24, 2.45) is 5.92 Å². The minimum Gasteiger partial charge on any atom is -0.378 e. The summed E-state index contributed by atoms with van der Waals surface area (Å²) in [4.78, 5) is 21.0. The number of alkyl halides is 3. The number of pyridine rings is 1. The van der Waals surface area contributed by atoms with Crippen molar-refractivity contribution in [3.05, 3.63) is 35.9 Å². The average molecular weight is 478 g/mol. The molecule has 2 saturated heterocycles. The van der Waals surface area contributed by atoms with Crippen LogP contribution in [0.4, 0.5) is 35.3 Å². The molecule has 0 bridgehead atoms. The Balaban J connectivity index is 1.52. The van der Waals surface area contributed by atoms with Crippen LogP contribution in [0.5, 0.6) is 0 Å². The highest BCUT2D eigenvalue weighted by Crippen LogP contribution is 2.33. The molecule has 0 spiro atoms. The Hall–Kier alpha value is -3.01. The van der Waals surface area contributed by atoms with Crippen molar-refractivity contribution < 1.29 is 22.7 Å². The van der Waals surface area contributed by atoms with Crippen LogP contribution < -0.4 is 15.5 Å². The Morgan fingerprint density at radius 1 is 1.18 bits per heavy atom. The Morgan fingerprint density at radius 3 is 2.65 bits per heavy atom. The second-order valence-corrected chi connectivity index (χ2v) is 8.83. The van der Waals surface area contributed by atoms with Gasteiger partial charge in [0.15, 0.2) is 0 Å². The molecule has 2 amide bonds. The van der Waals surface area contributed by atoms with Gasteiger partial charge in [-0.3, -0.25) is 0 Å². The SMILES string of the molecule is CNc1cc(-c2cc(NC(=O)N3CC[C@@H](CC(F)(F)F)C3)ccc2C)cc(N2CCOCC2)n1. The van der Waals surface area contributed by atoms with Gasteiger partial charge in [0.25, 0.3) is 0 Å². The van der Waals surface area contributed by atoms with Gasteiger partial charge in [0, 0.05) is 45.3 Å². The quantitative estimate of drug-likeness (QED) is 0.651. The summed E-state index contributed by atoms with van der Waals surface area (Å²) in [5, 5.41) is 5.97. The molecule has 2 N–H and O–H groups in total. The molecule has 2 aliphatic heterocycles. The second kappa shape index (κ2) is 10.1. The van der Waals surface area contributed by atoms with Gasteiger partial charge in [-0.25, -0.2) is 9.78 Å². The van der Waals surface area contributed by atoms with E-state index in [1.165, 1.54) is 4.90 Å². The smallest absolute Gasteiger partial charge is 0.378 e. The third-order valence-electron chi connectivity index (χ3n) is 6.30. The van der Waals surface area contributed by atoms with Crippen LogP contribution in [0.15, 0.2) is 30.3 Å². The fraction of sp³-hybridized carbons (Fsp3) is 0.500. The summed E-state index contributed by atoms with van der Waals surface area (Å²) in [7, 11) is 1.82. The molecule has 4 rings (SSSR count). The standard InChI is InChI=1S/C24H30F3N5O2/c1-16-3-4-19(29-23(33)32-6-5-17(15-32)14-24(25,26)27)13-20(16)18-11-21(28-2)30-22(12-18)31-7-9-34-10-8-31/h3-4,11-13,17H,5-10,14-15H2,1-2H3,(H,28,30)(H,29,33)/t17-/m0/s1. The van der Waals surface area contributed by atoms with Gasteiger partial charge in [-0.05, 0) is 60.2 Å². The molecule has 7 nitrogen and oxygen atoms in total. The molecule has 0 unspecified atom stereocenters. The molecule has 2 aromatic rings. The van der Waals surface area contributed by atoms with Crippen LogP contribution in [0.3, 0.4) is 0 Å². The number of benzene rings is 1. The van der Waals surface area contributed by atoms with E-state index in [0.29, 0.717) is 31.9 Å². The van der Waals surface area contributed by atoms with Crippen LogP contribution in [0.1, 0.15) is 18.4 Å². The Bertz CT molecular complexity index is 1020. The first-order chi connectivity index (χ1) is 16.2. The van der Waals surface area contributed by atoms with Crippen molar-refractivity contribution in [1.29, 1.82) is 0 Å². The molecule has 0 aliphatic carbocycles. The highest BCUT2D eigenvalue weighted by atomic mass is 19.4. The van der Waals surface area contributed by atoms with Crippen LogP contribution in [0.2, 0.25) is 0 Å². The maximum absolute atomic E-state index is 12.7. The molecule has 1 aromatic carbocycles. The van der Waals surface area contributed by atoms with Crippen LogP contribution in [-0.2, 0) is 4.74 Å². The zero-order chi connectivity index (χ0) is 24.3. The zero-order valence-corrected chi connectivity index (χ0v) is 19.4. The molecule has 1 atom stereocenters. The monoisotopic (exact) mass is 477 g/mol. The van der Waals surface area contributed by atoms with Crippen molar-refractivity contribution in [2.45, 2.75) is 25.9 Å². The molecular weight excluding hydrogens is 447 g/mol. The number of hydrogen-bond acceptors (Lipinski definition) is 5. The molecule has 0 saturated carbocycles. The van der Waals surface area contributed by atoms with Gasteiger partial charge in [-0.15, -0.1) is 0 Å². The maximum atomic E-state index is 12.7. The topological polar surface area (TPSA) is 69.7 Å². The lowest BCUT2D eigenvalue weighted by atomic mass is 10.00. The predicted molar refractivity (Wildman–Crippen MR) is 126 cm³/mol. The summed E-state index contributed by atoms with van der Waals surface area (Å²) >= 11 is 0. The number of nitrogens with one attached hydrogen (secondary N) is 2. The first-order valence-corrected chi connectivity index (χ1v) is 11.5. The molecule has 2 aliphatic rings. The van der Waals surface area contributed by atoms with Crippen LogP contribution in [-0.4, -0.2) is 68.5 Å². The van der Waals surface area contributed by atoms with E-state index in [2.05, 4.69) is 20.5 Å². The molecule has 3 heterocycles. The largest absolute Gasteiger partial charge is 0.389 e. The lowest BCUT2D eigenvalue weighted by Gasteiger charge is -2.28. The summed E-state index contributed by atoms with van der Waals surface area (Å²) in [6.45, 7) is 5.27. The van der Waals surface area contributed by atoms with E-state index < -0.39 is 18.5 Å². The van der Waals surface area contributed by atoms with E-state index in [-0.39, 0.29) is 12.6 Å². The Morgan fingerprint density at radius 2 is 1.94 bits per heavy atom. The number of carbonyl (C=O) groups excluding carboxylic acids is 1. The van der Waals surface area contributed by atoms with Gasteiger partial charge in [0.1, 0.15) is 11.6 Å². The van der Waals surface area contributed by atoms with Crippen LogP contribution >= 0.6 is 0 Å². The van der Waals surface area contributed by atoms with E-state index in [4.69, 9.17) is 4.74 Å². The fourth-order valence-corrected chi connectivity index (χ4v) is 4.48. The predicted octanol–water partition coefficient (Wildman–Crippen LogP) is 4.74. The van der Waals surface area contributed by atoms with Crippen molar-refractivity contribution in [3.63, 3.8) is 0 Å². The van der Waals surface area contributed by atoms with Crippen molar-refractivity contribution in [1.82, 2.24) is 9.88 Å². The number of ether oxygens (including phenoxy) is 1. The summed E-state index contributed by atoms with van der Waals surface area (Å²) < 4.78 is 43.5. The highest BCUT2D eigenvalue weighted by molar-refractivity contribution is 5.91. The van der Waals surface area contributed by atoms with Gasteiger partial charge in [-0.1, -0.05) is 6.07 Å². The Labute approximate surface area is 197 Å². The number of morpholine rings is 1. The van der Waals surface area contributed by atoms with E-state index in [0.717, 1.165) is 41.4 Å². The number of urea groups is 1. The number of likely N-dealkylation sites (tertiary alicyclic amines) is 1. The third kappa shape index (κ3) is 5.91. The van der Waals surface area contributed by atoms with Gasteiger partial charge in [0.05, 0.1) is 13.2 Å². The summed E-state index contributed by atoms with van der Waals surface area (Å²) in [6, 6.07) is 9.24. The van der Waals surface area contributed by atoms with Crippen molar-refractivity contribution in [3.8, 4) is 11.1 Å². The highest BCUT2D eigenvalue weighted by Gasteiger charge is 2.36. The van der Waals surface area contributed by atoms with Gasteiger partial charge in [-0.2, -0.15) is 13.2 Å². The van der Waals surface area contributed by atoms with E-state index >= 15 is 0 Å². The molecule has 10 heteroatoms. The minimum atomic E-state index is -4.21. The lowest BCUT2D eigenvalue weighted by Crippen LogP contribution is -2.36. The van der Waals surface area contributed by atoms with Crippen molar-refractivity contribution in [2.75, 3.05) is 62.0 Å². The van der Waals surface area contributed by atoms with Gasteiger partial charge >= 0.3 is 12.2 Å².